The normalized spacial score (nSPS) is 13.1. The summed E-state index contributed by atoms with van der Waals surface area (Å²) in [7, 11) is 0. The second kappa shape index (κ2) is 10.8. The van der Waals surface area contributed by atoms with Crippen LogP contribution in [0.5, 0.6) is 0 Å². The summed E-state index contributed by atoms with van der Waals surface area (Å²) in [5.41, 5.74) is 1.64. The largest absolute Gasteiger partial charge is 0.416 e. The van der Waals surface area contributed by atoms with Gasteiger partial charge < -0.3 is 5.32 Å². The Labute approximate surface area is 206 Å². The predicted octanol–water partition coefficient (Wildman–Crippen LogP) is 8.72. The molecule has 0 bridgehead atoms. The van der Waals surface area contributed by atoms with Crippen molar-refractivity contribution in [1.29, 1.82) is 0 Å². The Hall–Kier alpha value is -3.29. The molecule has 0 radical (unpaired) electrons. The van der Waals surface area contributed by atoms with Crippen molar-refractivity contribution < 1.29 is 31.1 Å². The number of hydrogen-bond donors (Lipinski definition) is 1. The van der Waals surface area contributed by atoms with Gasteiger partial charge in [-0.1, -0.05) is 44.2 Å². The zero-order valence-electron chi connectivity index (χ0n) is 20.1. The third-order valence-corrected chi connectivity index (χ3v) is 5.88. The van der Waals surface area contributed by atoms with E-state index >= 15 is 0 Å². The lowest BCUT2D eigenvalue weighted by Crippen LogP contribution is -2.12. The predicted molar refractivity (Wildman–Crippen MR) is 129 cm³/mol. The Kier molecular flexibility index (Phi) is 8.16. The van der Waals surface area contributed by atoms with Crippen LogP contribution in [0.15, 0.2) is 66.7 Å². The summed E-state index contributed by atoms with van der Waals surface area (Å²) in [5.74, 6) is -0.190. The van der Waals surface area contributed by atoms with Crippen molar-refractivity contribution in [2.24, 2.45) is 5.92 Å². The van der Waals surface area contributed by atoms with Crippen LogP contribution in [-0.4, -0.2) is 5.78 Å². The smallest absolute Gasteiger partial charge is 0.381 e. The molecule has 0 unspecified atom stereocenters. The Morgan fingerprint density at radius 3 is 1.78 bits per heavy atom. The second-order valence-corrected chi connectivity index (χ2v) is 9.26. The number of carbonyl (C=O) groups excluding carboxylic acids is 1. The van der Waals surface area contributed by atoms with Crippen LogP contribution < -0.4 is 5.32 Å². The second-order valence-electron chi connectivity index (χ2n) is 9.26. The number of ketones is 1. The van der Waals surface area contributed by atoms with Gasteiger partial charge in [-0.3, -0.25) is 4.79 Å². The number of rotatable bonds is 8. The van der Waals surface area contributed by atoms with E-state index in [2.05, 4.69) is 5.32 Å². The molecule has 0 amide bonds. The molecule has 3 rings (SSSR count). The van der Waals surface area contributed by atoms with E-state index in [1.54, 1.807) is 12.1 Å². The monoisotopic (exact) mass is 507 g/mol. The molecule has 2 nitrogen and oxygen atoms in total. The molecule has 0 saturated carbocycles. The average molecular weight is 508 g/mol. The molecule has 36 heavy (non-hydrogen) atoms. The standard InChI is InChI=1S/C28H27F6NO/c1-17(2)12-26(18(3)36)22-13-21(20-6-10-24(11-7-20)28(32,33)34)14-25(15-22)35-16-19-4-8-23(9-5-19)27(29,30)31/h4-11,13-15,17,26,35H,12,16H2,1-3H3/t26-/m0/s1. The molecule has 0 aliphatic rings. The van der Waals surface area contributed by atoms with Crippen LogP contribution in [0.4, 0.5) is 32.0 Å². The minimum atomic E-state index is -4.45. The molecule has 0 spiro atoms. The van der Waals surface area contributed by atoms with Crippen molar-refractivity contribution in [1.82, 2.24) is 0 Å². The van der Waals surface area contributed by atoms with Crippen LogP contribution in [-0.2, 0) is 23.7 Å². The number of Topliss-reactive ketones (excluding diaryl/α,β-unsaturated/α-hetero) is 1. The number of benzene rings is 3. The maximum atomic E-state index is 13.0. The van der Waals surface area contributed by atoms with E-state index in [0.29, 0.717) is 28.8 Å². The Bertz CT molecular complexity index is 1180. The van der Waals surface area contributed by atoms with E-state index in [-0.39, 0.29) is 18.2 Å². The van der Waals surface area contributed by atoms with Gasteiger partial charge in [0.1, 0.15) is 5.78 Å². The van der Waals surface area contributed by atoms with E-state index in [4.69, 9.17) is 0 Å². The number of carbonyl (C=O) groups is 1. The van der Waals surface area contributed by atoms with Gasteiger partial charge in [-0.05, 0) is 77.9 Å². The Balaban J connectivity index is 1.96. The Morgan fingerprint density at radius 1 is 0.778 bits per heavy atom. The van der Waals surface area contributed by atoms with Crippen LogP contribution in [0, 0.1) is 5.92 Å². The molecule has 8 heteroatoms. The third-order valence-electron chi connectivity index (χ3n) is 5.88. The minimum absolute atomic E-state index is 0.0260. The first-order chi connectivity index (χ1) is 16.7. The highest BCUT2D eigenvalue weighted by atomic mass is 19.4. The van der Waals surface area contributed by atoms with Gasteiger partial charge in [-0.25, -0.2) is 0 Å². The van der Waals surface area contributed by atoms with Gasteiger partial charge in [0.15, 0.2) is 0 Å². The van der Waals surface area contributed by atoms with E-state index in [9.17, 15) is 31.1 Å². The quantitative estimate of drug-likeness (QED) is 0.309. The highest BCUT2D eigenvalue weighted by molar-refractivity contribution is 5.84. The fourth-order valence-corrected chi connectivity index (χ4v) is 4.00. The summed E-state index contributed by atoms with van der Waals surface area (Å²) < 4.78 is 77.5. The zero-order chi connectivity index (χ0) is 26.7. The fourth-order valence-electron chi connectivity index (χ4n) is 4.00. The van der Waals surface area contributed by atoms with Crippen molar-refractivity contribution in [3.8, 4) is 11.1 Å². The molecule has 0 fully saturated rings. The number of anilines is 1. The Morgan fingerprint density at radius 2 is 1.31 bits per heavy atom. The maximum Gasteiger partial charge on any atom is 0.416 e. The van der Waals surface area contributed by atoms with E-state index in [0.717, 1.165) is 29.8 Å². The lowest BCUT2D eigenvalue weighted by molar-refractivity contribution is -0.138. The number of nitrogens with one attached hydrogen (secondary N) is 1. The molecule has 0 saturated heterocycles. The third kappa shape index (κ3) is 7.12. The molecule has 0 aliphatic carbocycles. The maximum absolute atomic E-state index is 13.0. The van der Waals surface area contributed by atoms with E-state index in [1.165, 1.54) is 31.2 Å². The van der Waals surface area contributed by atoms with Crippen molar-refractivity contribution in [2.45, 2.75) is 52.0 Å². The zero-order valence-corrected chi connectivity index (χ0v) is 20.1. The molecule has 0 heterocycles. The molecule has 1 N–H and O–H groups in total. The number of halogens is 6. The summed E-state index contributed by atoms with van der Waals surface area (Å²) >= 11 is 0. The summed E-state index contributed by atoms with van der Waals surface area (Å²) in [5, 5.41) is 3.18. The lowest BCUT2D eigenvalue weighted by Gasteiger charge is -2.20. The minimum Gasteiger partial charge on any atom is -0.381 e. The van der Waals surface area contributed by atoms with Gasteiger partial charge in [0.2, 0.25) is 0 Å². The molecular weight excluding hydrogens is 480 g/mol. The summed E-state index contributed by atoms with van der Waals surface area (Å²) in [4.78, 5) is 12.4. The van der Waals surface area contributed by atoms with Gasteiger partial charge in [0, 0.05) is 18.2 Å². The average Bonchev–Trinajstić information content (AvgIpc) is 2.80. The first-order valence-electron chi connectivity index (χ1n) is 11.5. The first-order valence-corrected chi connectivity index (χ1v) is 11.5. The van der Waals surface area contributed by atoms with E-state index < -0.39 is 29.4 Å². The number of hydrogen-bond acceptors (Lipinski definition) is 2. The van der Waals surface area contributed by atoms with Gasteiger partial charge in [0.05, 0.1) is 11.1 Å². The highest BCUT2D eigenvalue weighted by Crippen LogP contribution is 2.35. The molecule has 3 aromatic rings. The number of alkyl halides is 6. The first kappa shape index (κ1) is 27.3. The summed E-state index contributed by atoms with van der Waals surface area (Å²) in [6.07, 6.45) is -8.27. The lowest BCUT2D eigenvalue weighted by atomic mass is 9.85. The molecule has 1 atom stereocenters. The molecule has 3 aromatic carbocycles. The summed E-state index contributed by atoms with van der Waals surface area (Å²) in [6, 6.07) is 14.9. The van der Waals surface area contributed by atoms with Gasteiger partial charge >= 0.3 is 12.4 Å². The van der Waals surface area contributed by atoms with Crippen LogP contribution >= 0.6 is 0 Å². The van der Waals surface area contributed by atoms with Crippen molar-refractivity contribution in [3.63, 3.8) is 0 Å². The molecule has 0 aliphatic heterocycles. The molecule has 0 aromatic heterocycles. The van der Waals surface area contributed by atoms with Crippen molar-refractivity contribution in [3.05, 3.63) is 89.0 Å². The van der Waals surface area contributed by atoms with Crippen LogP contribution in [0.25, 0.3) is 11.1 Å². The van der Waals surface area contributed by atoms with Crippen LogP contribution in [0.2, 0.25) is 0 Å². The molecular formula is C28H27F6NO. The summed E-state index contributed by atoms with van der Waals surface area (Å²) in [6.45, 7) is 5.73. The fraction of sp³-hybridized carbons (Fsp3) is 0.321. The SMILES string of the molecule is CC(=O)[C@H](CC(C)C)c1cc(NCc2ccc(C(F)(F)F)cc2)cc(-c2ccc(C(F)(F)F)cc2)c1. The van der Waals surface area contributed by atoms with Crippen molar-refractivity contribution in [2.75, 3.05) is 5.32 Å². The van der Waals surface area contributed by atoms with Crippen molar-refractivity contribution >= 4 is 11.5 Å². The van der Waals surface area contributed by atoms with Gasteiger partial charge in [-0.15, -0.1) is 0 Å². The van der Waals surface area contributed by atoms with E-state index in [1.807, 2.05) is 19.9 Å². The van der Waals surface area contributed by atoms with Gasteiger partial charge in [-0.2, -0.15) is 26.3 Å². The van der Waals surface area contributed by atoms with Crippen LogP contribution in [0.1, 0.15) is 55.4 Å². The highest BCUT2D eigenvalue weighted by Gasteiger charge is 2.31. The molecule has 192 valence electrons. The topological polar surface area (TPSA) is 29.1 Å². The van der Waals surface area contributed by atoms with Crippen LogP contribution in [0.3, 0.4) is 0 Å². The van der Waals surface area contributed by atoms with Gasteiger partial charge in [0.25, 0.3) is 0 Å².